The van der Waals surface area contributed by atoms with Gasteiger partial charge >= 0.3 is 5.97 Å². The van der Waals surface area contributed by atoms with Crippen LogP contribution in [0.15, 0.2) is 22.8 Å². The van der Waals surface area contributed by atoms with Gasteiger partial charge in [0.1, 0.15) is 0 Å². The molecular formula is C22H35NO4. The van der Waals surface area contributed by atoms with Crippen LogP contribution in [0.1, 0.15) is 94.5 Å². The van der Waals surface area contributed by atoms with E-state index in [-0.39, 0.29) is 17.3 Å². The van der Waals surface area contributed by atoms with Crippen LogP contribution in [-0.2, 0) is 6.42 Å². The first-order chi connectivity index (χ1) is 13.0. The molecule has 152 valence electrons. The molecule has 0 spiro atoms. The highest BCUT2D eigenvalue weighted by Crippen LogP contribution is 2.47. The van der Waals surface area contributed by atoms with E-state index in [1.165, 1.54) is 51.1 Å². The number of aryl methyl sites for hydroxylation is 1. The van der Waals surface area contributed by atoms with E-state index in [4.69, 9.17) is 9.52 Å². The van der Waals surface area contributed by atoms with Crippen molar-refractivity contribution in [1.82, 2.24) is 4.98 Å². The maximum absolute atomic E-state index is 10.3. The smallest absolute Gasteiger partial charge is 0.373 e. The van der Waals surface area contributed by atoms with Crippen LogP contribution < -0.4 is 0 Å². The van der Waals surface area contributed by atoms with Gasteiger partial charge in [-0.2, -0.15) is 0 Å². The molecule has 1 aromatic heterocycles. The molecule has 2 aliphatic rings. The Kier molecular flexibility index (Phi) is 8.55. The number of aliphatic hydroxyl groups is 1. The lowest BCUT2D eigenvalue weighted by molar-refractivity contribution is -0.0355. The predicted molar refractivity (Wildman–Crippen MR) is 106 cm³/mol. The van der Waals surface area contributed by atoms with Gasteiger partial charge in [-0.25, -0.2) is 9.78 Å². The van der Waals surface area contributed by atoms with E-state index in [9.17, 15) is 9.90 Å². The van der Waals surface area contributed by atoms with Gasteiger partial charge in [0.25, 0.3) is 0 Å². The number of oxazole rings is 1. The number of nitrogens with zero attached hydrogens (tertiary/aromatic N) is 1. The molecule has 1 aromatic rings. The molecular weight excluding hydrogens is 342 g/mol. The lowest BCUT2D eigenvalue weighted by Crippen LogP contribution is -2.40. The number of carbonyl (C=O) groups is 1. The third-order valence-electron chi connectivity index (χ3n) is 6.16. The van der Waals surface area contributed by atoms with E-state index in [0.717, 1.165) is 25.2 Å². The van der Waals surface area contributed by atoms with Crippen LogP contribution in [0.3, 0.4) is 0 Å². The summed E-state index contributed by atoms with van der Waals surface area (Å²) in [7, 11) is 0. The maximum atomic E-state index is 10.3. The molecule has 3 rings (SSSR count). The van der Waals surface area contributed by atoms with Crippen molar-refractivity contribution in [2.24, 2.45) is 11.3 Å². The third kappa shape index (κ3) is 6.20. The summed E-state index contributed by atoms with van der Waals surface area (Å²) in [6.07, 6.45) is 18.7. The minimum Gasteiger partial charge on any atom is -0.475 e. The number of carboxylic acids is 1. The van der Waals surface area contributed by atoms with Crippen molar-refractivity contribution >= 4 is 5.97 Å². The molecule has 2 aliphatic carbocycles. The van der Waals surface area contributed by atoms with Gasteiger partial charge in [-0.3, -0.25) is 0 Å². The molecule has 2 N–H and O–H groups in total. The van der Waals surface area contributed by atoms with E-state index < -0.39 is 5.97 Å². The molecule has 0 amide bonds. The molecule has 27 heavy (non-hydrogen) atoms. The predicted octanol–water partition coefficient (Wildman–Crippen LogP) is 5.39. The Labute approximate surface area is 162 Å². The summed E-state index contributed by atoms with van der Waals surface area (Å²) in [6, 6.07) is 0. The summed E-state index contributed by atoms with van der Waals surface area (Å²) in [6.45, 7) is 4.20. The van der Waals surface area contributed by atoms with Crippen LogP contribution in [0, 0.1) is 11.3 Å². The standard InChI is InChI=1S/C15H26O.C7H9NO3/c1-2-15(11-6-12-15)14(16)10-5-9-13-7-3-4-8-13;1-2-3-6-8-4-5(11-6)7(9)10/h5,9,13-14,16H,2-4,6-8,10-12H2,1H3;4H,2-3H2,1H3,(H,9,10)/b9-5+;. The average molecular weight is 378 g/mol. The van der Waals surface area contributed by atoms with E-state index in [1.54, 1.807) is 0 Å². The molecule has 1 atom stereocenters. The topological polar surface area (TPSA) is 83.6 Å². The van der Waals surface area contributed by atoms with Gasteiger partial charge in [-0.15, -0.1) is 0 Å². The van der Waals surface area contributed by atoms with Crippen molar-refractivity contribution in [2.45, 2.75) is 90.6 Å². The largest absolute Gasteiger partial charge is 0.475 e. The zero-order valence-corrected chi connectivity index (χ0v) is 16.8. The Hall–Kier alpha value is -1.62. The SMILES string of the molecule is CCC1(C(O)C/C=C/C2CCCC2)CCC1.CCCc1ncc(C(=O)O)o1. The van der Waals surface area contributed by atoms with Crippen molar-refractivity contribution < 1.29 is 19.4 Å². The van der Waals surface area contributed by atoms with Gasteiger partial charge < -0.3 is 14.6 Å². The number of hydrogen-bond acceptors (Lipinski definition) is 4. The van der Waals surface area contributed by atoms with Crippen LogP contribution >= 0.6 is 0 Å². The summed E-state index contributed by atoms with van der Waals surface area (Å²) < 4.78 is 4.87. The second-order valence-electron chi connectivity index (χ2n) is 7.97. The fourth-order valence-electron chi connectivity index (χ4n) is 4.09. The minimum atomic E-state index is -1.07. The van der Waals surface area contributed by atoms with Gasteiger partial charge in [-0.1, -0.05) is 45.3 Å². The number of aromatic nitrogens is 1. The van der Waals surface area contributed by atoms with E-state index in [0.29, 0.717) is 12.3 Å². The summed E-state index contributed by atoms with van der Waals surface area (Å²) in [4.78, 5) is 14.1. The molecule has 1 unspecified atom stereocenters. The lowest BCUT2D eigenvalue weighted by atomic mass is 9.63. The van der Waals surface area contributed by atoms with Gasteiger partial charge in [-0.05, 0) is 56.3 Å². The zero-order valence-electron chi connectivity index (χ0n) is 16.8. The number of allylic oxidation sites excluding steroid dienone is 1. The molecule has 0 aromatic carbocycles. The highest BCUT2D eigenvalue weighted by Gasteiger charge is 2.40. The number of aromatic carboxylic acids is 1. The number of carboxylic acid groups (broad SMARTS) is 1. The van der Waals surface area contributed by atoms with Crippen molar-refractivity contribution in [2.75, 3.05) is 0 Å². The van der Waals surface area contributed by atoms with Crippen LogP contribution in [0.25, 0.3) is 0 Å². The molecule has 0 bridgehead atoms. The summed E-state index contributed by atoms with van der Waals surface area (Å²) in [5, 5.41) is 18.7. The van der Waals surface area contributed by atoms with Gasteiger partial charge in [0, 0.05) is 6.42 Å². The molecule has 0 aliphatic heterocycles. The van der Waals surface area contributed by atoms with Crippen LogP contribution in [0.2, 0.25) is 0 Å². The highest BCUT2D eigenvalue weighted by molar-refractivity contribution is 5.83. The van der Waals surface area contributed by atoms with E-state index >= 15 is 0 Å². The van der Waals surface area contributed by atoms with Crippen LogP contribution in [0.5, 0.6) is 0 Å². The highest BCUT2D eigenvalue weighted by atomic mass is 16.4. The van der Waals surface area contributed by atoms with Crippen molar-refractivity contribution in [1.29, 1.82) is 0 Å². The minimum absolute atomic E-state index is 0.0894. The first-order valence-corrected chi connectivity index (χ1v) is 10.5. The molecule has 5 heteroatoms. The van der Waals surface area contributed by atoms with Crippen LogP contribution in [-0.4, -0.2) is 27.3 Å². The van der Waals surface area contributed by atoms with E-state index in [1.807, 2.05) is 6.92 Å². The molecule has 2 saturated carbocycles. The van der Waals surface area contributed by atoms with E-state index in [2.05, 4.69) is 24.1 Å². The van der Waals surface area contributed by atoms with Gasteiger partial charge in [0.05, 0.1) is 12.3 Å². The summed E-state index contributed by atoms with van der Waals surface area (Å²) in [5.74, 6) is 0.143. The normalized spacial score (nSPS) is 20.1. The maximum Gasteiger partial charge on any atom is 0.373 e. The molecule has 2 fully saturated rings. The number of hydrogen-bond donors (Lipinski definition) is 2. The number of aliphatic hydroxyl groups excluding tert-OH is 1. The Bertz CT molecular complexity index is 592. The van der Waals surface area contributed by atoms with Gasteiger partial charge in [0.15, 0.2) is 5.89 Å². The first kappa shape index (κ1) is 21.7. The van der Waals surface area contributed by atoms with Crippen molar-refractivity contribution in [3.05, 3.63) is 30.0 Å². The molecule has 0 radical (unpaired) electrons. The van der Waals surface area contributed by atoms with Crippen molar-refractivity contribution in [3.8, 4) is 0 Å². The fourth-order valence-corrected chi connectivity index (χ4v) is 4.09. The first-order valence-electron chi connectivity index (χ1n) is 10.5. The Morgan fingerprint density at radius 1 is 1.33 bits per heavy atom. The molecule has 5 nitrogen and oxygen atoms in total. The average Bonchev–Trinajstić information content (AvgIpc) is 3.27. The van der Waals surface area contributed by atoms with Crippen molar-refractivity contribution in [3.63, 3.8) is 0 Å². The molecule has 1 heterocycles. The fraction of sp³-hybridized carbons (Fsp3) is 0.727. The monoisotopic (exact) mass is 377 g/mol. The lowest BCUT2D eigenvalue weighted by Gasteiger charge is -2.45. The Morgan fingerprint density at radius 2 is 2.04 bits per heavy atom. The zero-order chi connectivity index (χ0) is 19.7. The molecule has 0 saturated heterocycles. The second-order valence-corrected chi connectivity index (χ2v) is 7.97. The second kappa shape index (κ2) is 10.6. The summed E-state index contributed by atoms with van der Waals surface area (Å²) in [5.41, 5.74) is 0.278. The van der Waals surface area contributed by atoms with Crippen LogP contribution in [0.4, 0.5) is 0 Å². The van der Waals surface area contributed by atoms with Gasteiger partial charge in [0.2, 0.25) is 5.76 Å². The Balaban J connectivity index is 0.000000208. The quantitative estimate of drug-likeness (QED) is 0.593. The number of rotatable bonds is 8. The third-order valence-corrected chi connectivity index (χ3v) is 6.16. The Morgan fingerprint density at radius 3 is 2.52 bits per heavy atom. The summed E-state index contributed by atoms with van der Waals surface area (Å²) >= 11 is 0.